The van der Waals surface area contributed by atoms with Gasteiger partial charge in [0.05, 0.1) is 12.2 Å². The number of morpholine rings is 1. The van der Waals surface area contributed by atoms with Crippen molar-refractivity contribution < 1.29 is 4.74 Å². The second-order valence-electron chi connectivity index (χ2n) is 4.25. The average Bonchev–Trinajstić information content (AvgIpc) is 2.17. The van der Waals surface area contributed by atoms with E-state index in [2.05, 4.69) is 30.9 Å². The Morgan fingerprint density at radius 2 is 1.67 bits per heavy atom. The summed E-state index contributed by atoms with van der Waals surface area (Å²) in [4.78, 5) is 2.35. The van der Waals surface area contributed by atoms with Gasteiger partial charge in [0.2, 0.25) is 0 Å². The number of rotatable bonds is 1. The lowest BCUT2D eigenvalue weighted by molar-refractivity contribution is -0.00521. The molecule has 0 unspecified atom stereocenters. The SMILES string of the molecule is C[C@@H]1CN(c2ccc(N)cc2)C[C@@H](C)O1. The second-order valence-corrected chi connectivity index (χ2v) is 4.25. The van der Waals surface area contributed by atoms with E-state index in [0.717, 1.165) is 18.8 Å². The quantitative estimate of drug-likeness (QED) is 0.713. The fourth-order valence-electron chi connectivity index (χ4n) is 2.07. The minimum Gasteiger partial charge on any atom is -0.399 e. The second kappa shape index (κ2) is 4.11. The van der Waals surface area contributed by atoms with Crippen molar-refractivity contribution in [1.82, 2.24) is 0 Å². The highest BCUT2D eigenvalue weighted by molar-refractivity contribution is 5.53. The molecule has 0 aliphatic carbocycles. The van der Waals surface area contributed by atoms with Gasteiger partial charge >= 0.3 is 0 Å². The van der Waals surface area contributed by atoms with E-state index < -0.39 is 0 Å². The molecule has 3 heteroatoms. The summed E-state index contributed by atoms with van der Waals surface area (Å²) in [5, 5.41) is 0. The molecule has 2 N–H and O–H groups in total. The summed E-state index contributed by atoms with van der Waals surface area (Å²) < 4.78 is 5.70. The van der Waals surface area contributed by atoms with E-state index in [-0.39, 0.29) is 0 Å². The largest absolute Gasteiger partial charge is 0.399 e. The molecular weight excluding hydrogens is 188 g/mol. The zero-order valence-corrected chi connectivity index (χ0v) is 9.31. The Kier molecular flexibility index (Phi) is 2.82. The fraction of sp³-hybridized carbons (Fsp3) is 0.500. The number of nitrogen functional groups attached to an aromatic ring is 1. The van der Waals surface area contributed by atoms with E-state index in [1.54, 1.807) is 0 Å². The summed E-state index contributed by atoms with van der Waals surface area (Å²) in [6, 6.07) is 8.03. The van der Waals surface area contributed by atoms with Gasteiger partial charge in [-0.2, -0.15) is 0 Å². The third-order valence-corrected chi connectivity index (χ3v) is 2.68. The number of hydrogen-bond donors (Lipinski definition) is 1. The molecule has 0 bridgehead atoms. The van der Waals surface area contributed by atoms with Crippen LogP contribution < -0.4 is 10.6 Å². The van der Waals surface area contributed by atoms with Gasteiger partial charge in [0.1, 0.15) is 0 Å². The lowest BCUT2D eigenvalue weighted by Crippen LogP contribution is -2.45. The van der Waals surface area contributed by atoms with E-state index in [1.165, 1.54) is 5.69 Å². The van der Waals surface area contributed by atoms with Gasteiger partial charge in [0.25, 0.3) is 0 Å². The molecule has 2 rings (SSSR count). The molecule has 3 nitrogen and oxygen atoms in total. The van der Waals surface area contributed by atoms with Crippen molar-refractivity contribution in [2.24, 2.45) is 0 Å². The van der Waals surface area contributed by atoms with Gasteiger partial charge in [-0.05, 0) is 38.1 Å². The molecule has 1 aromatic carbocycles. The van der Waals surface area contributed by atoms with E-state index in [0.29, 0.717) is 12.2 Å². The van der Waals surface area contributed by atoms with E-state index in [4.69, 9.17) is 10.5 Å². The Hall–Kier alpha value is -1.22. The topological polar surface area (TPSA) is 38.5 Å². The van der Waals surface area contributed by atoms with Crippen LogP contribution in [0.1, 0.15) is 13.8 Å². The van der Waals surface area contributed by atoms with Gasteiger partial charge in [-0.15, -0.1) is 0 Å². The van der Waals surface area contributed by atoms with Crippen molar-refractivity contribution in [1.29, 1.82) is 0 Å². The maximum absolute atomic E-state index is 5.70. The summed E-state index contributed by atoms with van der Waals surface area (Å²) >= 11 is 0. The molecule has 1 fully saturated rings. The third kappa shape index (κ3) is 2.42. The predicted molar refractivity (Wildman–Crippen MR) is 63.1 cm³/mol. The van der Waals surface area contributed by atoms with E-state index >= 15 is 0 Å². The van der Waals surface area contributed by atoms with Gasteiger partial charge in [-0.1, -0.05) is 0 Å². The van der Waals surface area contributed by atoms with Gasteiger partial charge in [-0.25, -0.2) is 0 Å². The van der Waals surface area contributed by atoms with E-state index in [9.17, 15) is 0 Å². The van der Waals surface area contributed by atoms with Gasteiger partial charge < -0.3 is 15.4 Å². The van der Waals surface area contributed by atoms with Crippen molar-refractivity contribution in [3.63, 3.8) is 0 Å². The van der Waals surface area contributed by atoms with Crippen molar-refractivity contribution in [2.45, 2.75) is 26.1 Å². The first-order valence-electron chi connectivity index (χ1n) is 5.41. The number of anilines is 2. The minimum absolute atomic E-state index is 0.298. The zero-order valence-electron chi connectivity index (χ0n) is 9.31. The van der Waals surface area contributed by atoms with Gasteiger partial charge in [0.15, 0.2) is 0 Å². The van der Waals surface area contributed by atoms with Crippen molar-refractivity contribution >= 4 is 11.4 Å². The van der Waals surface area contributed by atoms with Crippen LogP contribution in [0.2, 0.25) is 0 Å². The summed E-state index contributed by atoms with van der Waals surface area (Å²) in [7, 11) is 0. The Labute approximate surface area is 90.8 Å². The van der Waals surface area contributed by atoms with Crippen LogP contribution in [0.3, 0.4) is 0 Å². The zero-order chi connectivity index (χ0) is 10.8. The van der Waals surface area contributed by atoms with Crippen LogP contribution in [0.4, 0.5) is 11.4 Å². The molecule has 0 saturated carbocycles. The molecule has 1 aromatic rings. The number of nitrogens with zero attached hydrogens (tertiary/aromatic N) is 1. The van der Waals surface area contributed by atoms with Crippen LogP contribution in [0.25, 0.3) is 0 Å². The molecule has 1 aliphatic rings. The fourth-order valence-corrected chi connectivity index (χ4v) is 2.07. The number of hydrogen-bond acceptors (Lipinski definition) is 3. The molecule has 1 heterocycles. The highest BCUT2D eigenvalue weighted by Gasteiger charge is 2.21. The molecule has 1 aliphatic heterocycles. The third-order valence-electron chi connectivity index (χ3n) is 2.68. The first-order chi connectivity index (χ1) is 7.15. The van der Waals surface area contributed by atoms with Crippen molar-refractivity contribution in [3.05, 3.63) is 24.3 Å². The van der Waals surface area contributed by atoms with Crippen LogP contribution in [0.5, 0.6) is 0 Å². The predicted octanol–water partition coefficient (Wildman–Crippen LogP) is 1.88. The highest BCUT2D eigenvalue weighted by atomic mass is 16.5. The minimum atomic E-state index is 0.298. The monoisotopic (exact) mass is 206 g/mol. The maximum atomic E-state index is 5.70. The van der Waals surface area contributed by atoms with Crippen LogP contribution >= 0.6 is 0 Å². The number of ether oxygens (including phenoxy) is 1. The summed E-state index contributed by atoms with van der Waals surface area (Å²) in [6.07, 6.45) is 0.595. The van der Waals surface area contributed by atoms with Crippen LogP contribution in [0.15, 0.2) is 24.3 Å². The molecular formula is C12H18N2O. The summed E-state index contributed by atoms with van der Waals surface area (Å²) in [6.45, 7) is 6.13. The Balaban J connectivity index is 2.12. The average molecular weight is 206 g/mol. The Morgan fingerprint density at radius 1 is 1.13 bits per heavy atom. The lowest BCUT2D eigenvalue weighted by Gasteiger charge is -2.36. The normalized spacial score (nSPS) is 26.7. The van der Waals surface area contributed by atoms with Gasteiger partial charge in [0, 0.05) is 24.5 Å². The first-order valence-corrected chi connectivity index (χ1v) is 5.41. The Bertz CT molecular complexity index is 313. The summed E-state index contributed by atoms with van der Waals surface area (Å²) in [5.74, 6) is 0. The van der Waals surface area contributed by atoms with Crippen molar-refractivity contribution in [3.8, 4) is 0 Å². The number of benzene rings is 1. The molecule has 82 valence electrons. The highest BCUT2D eigenvalue weighted by Crippen LogP contribution is 2.21. The van der Waals surface area contributed by atoms with Gasteiger partial charge in [-0.3, -0.25) is 0 Å². The number of nitrogens with two attached hydrogens (primary N) is 1. The molecule has 0 aromatic heterocycles. The van der Waals surface area contributed by atoms with Crippen LogP contribution in [-0.2, 0) is 4.74 Å². The molecule has 15 heavy (non-hydrogen) atoms. The molecule has 0 radical (unpaired) electrons. The van der Waals surface area contributed by atoms with Crippen LogP contribution in [0, 0.1) is 0 Å². The molecule has 1 saturated heterocycles. The Morgan fingerprint density at radius 3 is 2.20 bits per heavy atom. The van der Waals surface area contributed by atoms with Crippen LogP contribution in [-0.4, -0.2) is 25.3 Å². The smallest absolute Gasteiger partial charge is 0.0726 e. The molecule has 0 spiro atoms. The summed E-state index contributed by atoms with van der Waals surface area (Å²) in [5.41, 5.74) is 7.71. The maximum Gasteiger partial charge on any atom is 0.0726 e. The molecule has 0 amide bonds. The lowest BCUT2D eigenvalue weighted by atomic mass is 10.2. The molecule has 2 atom stereocenters. The standard InChI is InChI=1S/C12H18N2O/c1-9-7-14(8-10(2)15-9)12-5-3-11(13)4-6-12/h3-6,9-10H,7-8,13H2,1-2H3/t9-,10-/m1/s1. The first kappa shape index (κ1) is 10.3. The van der Waals surface area contributed by atoms with E-state index in [1.807, 2.05) is 12.1 Å². The van der Waals surface area contributed by atoms with Crippen molar-refractivity contribution in [2.75, 3.05) is 23.7 Å².